The van der Waals surface area contributed by atoms with E-state index in [1.807, 2.05) is 0 Å². The molecule has 0 spiro atoms. The number of piperazine rings is 1. The Kier molecular flexibility index (Phi) is 9.36. The second-order valence-corrected chi connectivity index (χ2v) is 11.2. The van der Waals surface area contributed by atoms with Crippen LogP contribution in [-0.2, 0) is 9.47 Å². The Labute approximate surface area is 208 Å². The minimum atomic E-state index is 0. The lowest BCUT2D eigenvalue weighted by atomic mass is 9.71. The first-order valence-corrected chi connectivity index (χ1v) is 12.9. The van der Waals surface area contributed by atoms with Crippen LogP contribution in [0, 0.1) is 5.41 Å². The van der Waals surface area contributed by atoms with E-state index in [4.69, 9.17) is 9.47 Å². The van der Waals surface area contributed by atoms with Crippen molar-refractivity contribution >= 4 is 23.8 Å². The Bertz CT molecular complexity index is 731. The maximum atomic E-state index is 6.00. The molecule has 3 fully saturated rings. The van der Waals surface area contributed by atoms with E-state index in [-0.39, 0.29) is 24.6 Å². The van der Waals surface area contributed by atoms with Crippen molar-refractivity contribution in [1.29, 1.82) is 0 Å². The molecule has 0 amide bonds. The Hall–Kier alpha value is -1.01. The summed E-state index contributed by atoms with van der Waals surface area (Å²) in [5.41, 5.74) is 4.96. The molecule has 1 aromatic carbocycles. The first-order chi connectivity index (χ1) is 15.3. The van der Waals surface area contributed by atoms with Gasteiger partial charge in [-0.1, -0.05) is 13.8 Å². The molecule has 0 radical (unpaired) electrons. The zero-order chi connectivity index (χ0) is 22.7. The molecule has 33 heavy (non-hydrogen) atoms. The molecule has 2 aliphatic heterocycles. The van der Waals surface area contributed by atoms with Crippen molar-refractivity contribution in [3.8, 4) is 0 Å². The SMILES string of the molecule is COCCN1CCN(c2ccc(N3C[C@@H](C)O[C@@H](C)C3)cc2C2CCC(C)(C)CC2)CC1.Cl. The normalized spacial score (nSPS) is 26.8. The molecule has 0 bridgehead atoms. The van der Waals surface area contributed by atoms with Crippen LogP contribution in [0.1, 0.15) is 64.9 Å². The van der Waals surface area contributed by atoms with Crippen LogP contribution in [0.5, 0.6) is 0 Å². The molecule has 0 unspecified atom stereocenters. The minimum absolute atomic E-state index is 0. The number of benzene rings is 1. The fourth-order valence-corrected chi connectivity index (χ4v) is 5.89. The second-order valence-electron chi connectivity index (χ2n) is 11.2. The highest BCUT2D eigenvalue weighted by Crippen LogP contribution is 2.45. The van der Waals surface area contributed by atoms with Crippen molar-refractivity contribution in [2.75, 3.05) is 69.3 Å². The maximum Gasteiger partial charge on any atom is 0.0726 e. The second kappa shape index (κ2) is 11.6. The third kappa shape index (κ3) is 6.78. The molecule has 3 aliphatic rings. The molecule has 2 heterocycles. The highest BCUT2D eigenvalue weighted by atomic mass is 35.5. The molecule has 0 aromatic heterocycles. The molecule has 0 N–H and O–H groups in total. The summed E-state index contributed by atoms with van der Waals surface area (Å²) in [5.74, 6) is 0.681. The van der Waals surface area contributed by atoms with Crippen molar-refractivity contribution in [2.45, 2.75) is 71.5 Å². The number of hydrogen-bond donors (Lipinski definition) is 0. The van der Waals surface area contributed by atoms with Crippen LogP contribution in [0.15, 0.2) is 18.2 Å². The Morgan fingerprint density at radius 2 is 1.61 bits per heavy atom. The van der Waals surface area contributed by atoms with Gasteiger partial charge in [0.1, 0.15) is 0 Å². The van der Waals surface area contributed by atoms with Crippen LogP contribution in [0.2, 0.25) is 0 Å². The van der Waals surface area contributed by atoms with Crippen molar-refractivity contribution in [1.82, 2.24) is 4.90 Å². The Balaban J connectivity index is 0.00000306. The highest BCUT2D eigenvalue weighted by Gasteiger charge is 2.31. The van der Waals surface area contributed by atoms with Gasteiger partial charge in [0.15, 0.2) is 0 Å². The zero-order valence-electron chi connectivity index (χ0n) is 21.5. The van der Waals surface area contributed by atoms with Gasteiger partial charge in [0.2, 0.25) is 0 Å². The number of nitrogens with zero attached hydrogens (tertiary/aromatic N) is 3. The summed E-state index contributed by atoms with van der Waals surface area (Å²) in [5, 5.41) is 0. The lowest BCUT2D eigenvalue weighted by molar-refractivity contribution is -0.00522. The Morgan fingerprint density at radius 3 is 2.21 bits per heavy atom. The van der Waals surface area contributed by atoms with Crippen molar-refractivity contribution in [3.63, 3.8) is 0 Å². The van der Waals surface area contributed by atoms with Gasteiger partial charge in [-0.15, -0.1) is 12.4 Å². The maximum absolute atomic E-state index is 6.00. The van der Waals surface area contributed by atoms with Crippen LogP contribution in [0.25, 0.3) is 0 Å². The van der Waals surface area contributed by atoms with E-state index in [9.17, 15) is 0 Å². The largest absolute Gasteiger partial charge is 0.383 e. The average molecular weight is 480 g/mol. The smallest absolute Gasteiger partial charge is 0.0726 e. The molecule has 2 saturated heterocycles. The van der Waals surface area contributed by atoms with Gasteiger partial charge in [-0.2, -0.15) is 0 Å². The lowest BCUT2D eigenvalue weighted by Gasteiger charge is -2.41. The molecule has 1 saturated carbocycles. The molecule has 6 heteroatoms. The number of anilines is 2. The predicted molar refractivity (Wildman–Crippen MR) is 141 cm³/mol. The lowest BCUT2D eigenvalue weighted by Crippen LogP contribution is -2.48. The highest BCUT2D eigenvalue weighted by molar-refractivity contribution is 5.85. The van der Waals surface area contributed by atoms with E-state index in [1.165, 1.54) is 37.1 Å². The van der Waals surface area contributed by atoms with Gasteiger partial charge >= 0.3 is 0 Å². The van der Waals surface area contributed by atoms with Gasteiger partial charge in [0.25, 0.3) is 0 Å². The zero-order valence-corrected chi connectivity index (χ0v) is 22.3. The van der Waals surface area contributed by atoms with Crippen molar-refractivity contribution < 1.29 is 9.47 Å². The summed E-state index contributed by atoms with van der Waals surface area (Å²) < 4.78 is 11.3. The third-order valence-corrected chi connectivity index (χ3v) is 7.90. The van der Waals surface area contributed by atoms with Gasteiger partial charge in [-0.25, -0.2) is 0 Å². The van der Waals surface area contributed by atoms with Crippen LogP contribution in [0.4, 0.5) is 11.4 Å². The van der Waals surface area contributed by atoms with Crippen molar-refractivity contribution in [3.05, 3.63) is 23.8 Å². The van der Waals surface area contributed by atoms with Gasteiger partial charge in [0, 0.05) is 64.3 Å². The van der Waals surface area contributed by atoms with Crippen molar-refractivity contribution in [2.24, 2.45) is 5.41 Å². The Morgan fingerprint density at radius 1 is 0.970 bits per heavy atom. The van der Waals surface area contributed by atoms with E-state index < -0.39 is 0 Å². The molecule has 2 atom stereocenters. The number of halogens is 1. The van der Waals surface area contributed by atoms with Crippen LogP contribution >= 0.6 is 12.4 Å². The number of rotatable bonds is 6. The topological polar surface area (TPSA) is 28.2 Å². The average Bonchev–Trinajstić information content (AvgIpc) is 2.77. The summed E-state index contributed by atoms with van der Waals surface area (Å²) in [7, 11) is 1.80. The monoisotopic (exact) mass is 479 g/mol. The van der Waals surface area contributed by atoms with Gasteiger partial charge in [0.05, 0.1) is 18.8 Å². The van der Waals surface area contributed by atoms with Gasteiger partial charge in [-0.05, 0) is 74.6 Å². The quantitative estimate of drug-likeness (QED) is 0.561. The fraction of sp³-hybridized carbons (Fsp3) is 0.778. The van der Waals surface area contributed by atoms with E-state index in [0.717, 1.165) is 52.4 Å². The third-order valence-electron chi connectivity index (χ3n) is 7.90. The minimum Gasteiger partial charge on any atom is -0.383 e. The number of ether oxygens (including phenoxy) is 2. The van der Waals surface area contributed by atoms with Gasteiger partial charge in [-0.3, -0.25) is 4.90 Å². The van der Waals surface area contributed by atoms with E-state index in [0.29, 0.717) is 11.3 Å². The fourth-order valence-electron chi connectivity index (χ4n) is 5.89. The first-order valence-electron chi connectivity index (χ1n) is 12.9. The predicted octanol–water partition coefficient (Wildman–Crippen LogP) is 5.17. The summed E-state index contributed by atoms with van der Waals surface area (Å²) in [6, 6.07) is 7.34. The van der Waals surface area contributed by atoms with E-state index in [1.54, 1.807) is 12.7 Å². The number of hydrogen-bond acceptors (Lipinski definition) is 5. The van der Waals surface area contributed by atoms with E-state index in [2.05, 4.69) is 60.6 Å². The van der Waals surface area contributed by atoms with Gasteiger partial charge < -0.3 is 19.3 Å². The molecular weight excluding hydrogens is 434 g/mol. The summed E-state index contributed by atoms with van der Waals surface area (Å²) in [6.07, 6.45) is 5.87. The summed E-state index contributed by atoms with van der Waals surface area (Å²) in [6.45, 7) is 17.6. The van der Waals surface area contributed by atoms with Crippen LogP contribution < -0.4 is 9.80 Å². The van der Waals surface area contributed by atoms with E-state index >= 15 is 0 Å². The summed E-state index contributed by atoms with van der Waals surface area (Å²) in [4.78, 5) is 7.72. The van der Waals surface area contributed by atoms with Crippen LogP contribution in [-0.4, -0.2) is 76.6 Å². The van der Waals surface area contributed by atoms with Crippen LogP contribution in [0.3, 0.4) is 0 Å². The molecular formula is C27H46ClN3O2. The first kappa shape index (κ1) is 26.6. The summed E-state index contributed by atoms with van der Waals surface area (Å²) >= 11 is 0. The number of methoxy groups -OCH3 is 1. The molecule has 188 valence electrons. The molecule has 1 aromatic rings. The number of morpholine rings is 1. The molecule has 1 aliphatic carbocycles. The molecule has 5 nitrogen and oxygen atoms in total. The molecule has 4 rings (SSSR count). The standard InChI is InChI=1S/C27H45N3O2.ClH/c1-21-19-30(20-22(2)32-21)24-6-7-26(29-14-12-28(13-15-29)16-17-31-5)25(18-24)23-8-10-27(3,4)11-9-23;/h6-7,18,21-23H,8-17,19-20H2,1-5H3;1H/t21-,22+;.